The monoisotopic (exact) mass is 251 g/mol. The Morgan fingerprint density at radius 1 is 1.67 bits per heavy atom. The van der Waals surface area contributed by atoms with Crippen LogP contribution in [0.4, 0.5) is 0 Å². The highest BCUT2D eigenvalue weighted by Crippen LogP contribution is 2.12. The van der Waals surface area contributed by atoms with Crippen LogP contribution in [0, 0.1) is 6.92 Å². The minimum Gasteiger partial charge on any atom is -0.376 e. The Labute approximate surface area is 108 Å². The number of nitrogens with one attached hydrogen (secondary N) is 1. The van der Waals surface area contributed by atoms with Gasteiger partial charge in [-0.15, -0.1) is 0 Å². The topological polar surface area (TPSA) is 56.1 Å². The second-order valence-corrected chi connectivity index (χ2v) is 5.05. The van der Waals surface area contributed by atoms with Gasteiger partial charge in [0.2, 0.25) is 0 Å². The van der Waals surface area contributed by atoms with Gasteiger partial charge in [-0.2, -0.15) is 5.10 Å². The van der Waals surface area contributed by atoms with Crippen molar-refractivity contribution in [3.63, 3.8) is 0 Å². The van der Waals surface area contributed by atoms with E-state index in [0.717, 1.165) is 25.1 Å². The van der Waals surface area contributed by atoms with E-state index in [-0.39, 0.29) is 18.1 Å². The van der Waals surface area contributed by atoms with Gasteiger partial charge in [-0.1, -0.05) is 0 Å². The van der Waals surface area contributed by atoms with Gasteiger partial charge in [0.25, 0.3) is 5.91 Å². The number of aryl methyl sites for hydroxylation is 1. The van der Waals surface area contributed by atoms with E-state index < -0.39 is 0 Å². The number of carbonyl (C=O) groups excluding carboxylic acids is 1. The van der Waals surface area contributed by atoms with Gasteiger partial charge >= 0.3 is 0 Å². The van der Waals surface area contributed by atoms with Crippen LogP contribution in [0.25, 0.3) is 0 Å². The maximum atomic E-state index is 11.9. The Kier molecular flexibility index (Phi) is 4.01. The van der Waals surface area contributed by atoms with Crippen molar-refractivity contribution >= 4 is 5.91 Å². The molecule has 0 radical (unpaired) electrons. The van der Waals surface area contributed by atoms with Gasteiger partial charge in [0.1, 0.15) is 5.69 Å². The maximum absolute atomic E-state index is 11.9. The standard InChI is InChI=1S/C13H21N3O2/c1-9(2)16-10(3)7-12(15-16)13(17)14-8-11-5-4-6-18-11/h7,9,11H,4-6,8H2,1-3H3,(H,14,17)/t11-/m1/s1. The number of amides is 1. The molecule has 5 nitrogen and oxygen atoms in total. The van der Waals surface area contributed by atoms with Crippen LogP contribution in [0.1, 0.15) is 48.9 Å². The lowest BCUT2D eigenvalue weighted by Crippen LogP contribution is -2.32. The van der Waals surface area contributed by atoms with Gasteiger partial charge < -0.3 is 10.1 Å². The average Bonchev–Trinajstić information content (AvgIpc) is 2.94. The zero-order valence-corrected chi connectivity index (χ0v) is 11.3. The number of carbonyl (C=O) groups is 1. The van der Waals surface area contributed by atoms with Crippen molar-refractivity contribution in [3.05, 3.63) is 17.5 Å². The summed E-state index contributed by atoms with van der Waals surface area (Å²) in [6.45, 7) is 7.44. The SMILES string of the molecule is Cc1cc(C(=O)NC[C@H]2CCCO2)nn1C(C)C. The first kappa shape index (κ1) is 13.1. The Bertz CT molecular complexity index is 420. The first-order valence-corrected chi connectivity index (χ1v) is 6.54. The lowest BCUT2D eigenvalue weighted by Gasteiger charge is -2.09. The van der Waals surface area contributed by atoms with Crippen molar-refractivity contribution < 1.29 is 9.53 Å². The van der Waals surface area contributed by atoms with Crippen LogP contribution >= 0.6 is 0 Å². The van der Waals surface area contributed by atoms with Crippen LogP contribution in [0.15, 0.2) is 6.07 Å². The van der Waals surface area contributed by atoms with Crippen molar-refractivity contribution in [2.45, 2.75) is 45.8 Å². The zero-order valence-electron chi connectivity index (χ0n) is 11.3. The summed E-state index contributed by atoms with van der Waals surface area (Å²) in [5.74, 6) is -0.118. The number of hydrogen-bond acceptors (Lipinski definition) is 3. The molecule has 1 saturated heterocycles. The summed E-state index contributed by atoms with van der Waals surface area (Å²) in [4.78, 5) is 11.9. The summed E-state index contributed by atoms with van der Waals surface area (Å²) >= 11 is 0. The molecule has 0 bridgehead atoms. The van der Waals surface area contributed by atoms with E-state index in [9.17, 15) is 4.79 Å². The predicted octanol–water partition coefficient (Wildman–Crippen LogP) is 1.68. The molecule has 0 aliphatic carbocycles. The minimum atomic E-state index is -0.118. The van der Waals surface area contributed by atoms with Crippen molar-refractivity contribution in [3.8, 4) is 0 Å². The number of hydrogen-bond donors (Lipinski definition) is 1. The molecular weight excluding hydrogens is 230 g/mol. The third-order valence-electron chi connectivity index (χ3n) is 3.16. The molecule has 1 N–H and O–H groups in total. The molecule has 100 valence electrons. The van der Waals surface area contributed by atoms with Crippen LogP contribution in [-0.4, -0.2) is 34.9 Å². The molecule has 1 atom stereocenters. The third-order valence-corrected chi connectivity index (χ3v) is 3.16. The number of aromatic nitrogens is 2. The number of rotatable bonds is 4. The maximum Gasteiger partial charge on any atom is 0.271 e. The van der Waals surface area contributed by atoms with Gasteiger partial charge in [-0.25, -0.2) is 0 Å². The van der Waals surface area contributed by atoms with E-state index in [4.69, 9.17) is 4.74 Å². The predicted molar refractivity (Wildman–Crippen MR) is 68.7 cm³/mol. The van der Waals surface area contributed by atoms with E-state index in [1.165, 1.54) is 0 Å². The van der Waals surface area contributed by atoms with E-state index >= 15 is 0 Å². The minimum absolute atomic E-state index is 0.118. The van der Waals surface area contributed by atoms with E-state index in [1.54, 1.807) is 0 Å². The largest absolute Gasteiger partial charge is 0.376 e. The third kappa shape index (κ3) is 2.90. The number of nitrogens with zero attached hydrogens (tertiary/aromatic N) is 2. The fourth-order valence-corrected chi connectivity index (χ4v) is 2.22. The normalized spacial score (nSPS) is 19.4. The first-order valence-electron chi connectivity index (χ1n) is 6.54. The molecule has 1 aromatic rings. The van der Waals surface area contributed by atoms with Gasteiger partial charge in [-0.05, 0) is 39.7 Å². The van der Waals surface area contributed by atoms with Gasteiger partial charge in [0.15, 0.2) is 0 Å². The van der Waals surface area contributed by atoms with Crippen LogP contribution in [0.3, 0.4) is 0 Å². The average molecular weight is 251 g/mol. The van der Waals surface area contributed by atoms with Crippen LogP contribution in [-0.2, 0) is 4.74 Å². The van der Waals surface area contributed by atoms with Crippen molar-refractivity contribution in [2.24, 2.45) is 0 Å². The first-order chi connectivity index (χ1) is 8.58. The second kappa shape index (κ2) is 5.52. The molecule has 18 heavy (non-hydrogen) atoms. The van der Waals surface area contributed by atoms with Crippen LogP contribution < -0.4 is 5.32 Å². The van der Waals surface area contributed by atoms with E-state index in [0.29, 0.717) is 12.2 Å². The molecule has 0 unspecified atom stereocenters. The fraction of sp³-hybridized carbons (Fsp3) is 0.692. The molecule has 2 heterocycles. The molecular formula is C13H21N3O2. The summed E-state index contributed by atoms with van der Waals surface area (Å²) in [6, 6.07) is 2.09. The van der Waals surface area contributed by atoms with Crippen LogP contribution in [0.2, 0.25) is 0 Å². The van der Waals surface area contributed by atoms with E-state index in [1.807, 2.05) is 31.5 Å². The molecule has 5 heteroatoms. The summed E-state index contributed by atoms with van der Waals surface area (Å²) < 4.78 is 7.33. The Morgan fingerprint density at radius 2 is 2.44 bits per heavy atom. The van der Waals surface area contributed by atoms with Gasteiger partial charge in [0.05, 0.1) is 6.10 Å². The molecule has 1 amide bonds. The molecule has 0 spiro atoms. The lowest BCUT2D eigenvalue weighted by molar-refractivity contribution is 0.0853. The van der Waals surface area contributed by atoms with Crippen molar-refractivity contribution in [2.75, 3.05) is 13.2 Å². The Morgan fingerprint density at radius 3 is 3.00 bits per heavy atom. The van der Waals surface area contributed by atoms with Gasteiger partial charge in [0, 0.05) is 24.9 Å². The Balaban J connectivity index is 1.93. The summed E-state index contributed by atoms with van der Waals surface area (Å²) in [7, 11) is 0. The molecule has 1 aromatic heterocycles. The molecule has 1 fully saturated rings. The van der Waals surface area contributed by atoms with Crippen molar-refractivity contribution in [1.82, 2.24) is 15.1 Å². The second-order valence-electron chi connectivity index (χ2n) is 5.05. The number of ether oxygens (including phenoxy) is 1. The highest BCUT2D eigenvalue weighted by molar-refractivity contribution is 5.92. The smallest absolute Gasteiger partial charge is 0.271 e. The quantitative estimate of drug-likeness (QED) is 0.885. The summed E-state index contributed by atoms with van der Waals surface area (Å²) in [5.41, 5.74) is 1.49. The lowest BCUT2D eigenvalue weighted by atomic mass is 10.2. The van der Waals surface area contributed by atoms with Gasteiger partial charge in [-0.3, -0.25) is 9.48 Å². The summed E-state index contributed by atoms with van der Waals surface area (Å²) in [5, 5.41) is 7.20. The molecule has 1 aliphatic heterocycles. The molecule has 2 rings (SSSR count). The van der Waals surface area contributed by atoms with Crippen LogP contribution in [0.5, 0.6) is 0 Å². The zero-order chi connectivity index (χ0) is 13.1. The fourth-order valence-electron chi connectivity index (χ4n) is 2.22. The summed E-state index contributed by atoms with van der Waals surface area (Å²) in [6.07, 6.45) is 2.28. The van der Waals surface area contributed by atoms with E-state index in [2.05, 4.69) is 10.4 Å². The molecule has 0 saturated carbocycles. The van der Waals surface area contributed by atoms with Crippen molar-refractivity contribution in [1.29, 1.82) is 0 Å². The Hall–Kier alpha value is -1.36. The highest BCUT2D eigenvalue weighted by atomic mass is 16.5. The highest BCUT2D eigenvalue weighted by Gasteiger charge is 2.18. The molecule has 1 aliphatic rings. The molecule has 0 aromatic carbocycles.